The van der Waals surface area contributed by atoms with Crippen molar-refractivity contribution in [1.29, 1.82) is 0 Å². The summed E-state index contributed by atoms with van der Waals surface area (Å²) >= 11 is 3.40. The molecule has 1 unspecified atom stereocenters. The second kappa shape index (κ2) is 4.71. The quantitative estimate of drug-likeness (QED) is 0.946. The van der Waals surface area contributed by atoms with E-state index in [-0.39, 0.29) is 0 Å². The first-order chi connectivity index (χ1) is 8.09. The maximum Gasteiger partial charge on any atom is 0.344 e. The number of ether oxygens (including phenoxy) is 1. The van der Waals surface area contributed by atoms with E-state index < -0.39 is 12.1 Å². The number of hydrogen-bond acceptors (Lipinski definition) is 3. The van der Waals surface area contributed by atoms with Crippen LogP contribution in [0.15, 0.2) is 34.9 Å². The molecule has 0 aliphatic heterocycles. The van der Waals surface area contributed by atoms with Gasteiger partial charge in [-0.3, -0.25) is 4.98 Å². The molecule has 88 valence electrons. The van der Waals surface area contributed by atoms with Gasteiger partial charge in [-0.25, -0.2) is 4.79 Å². The number of hydrogen-bond donors (Lipinski definition) is 1. The Morgan fingerprint density at radius 2 is 2.24 bits per heavy atom. The number of aromatic nitrogens is 1. The van der Waals surface area contributed by atoms with Crippen molar-refractivity contribution in [2.75, 3.05) is 0 Å². The molecule has 0 saturated carbocycles. The van der Waals surface area contributed by atoms with Crippen LogP contribution in [0.2, 0.25) is 0 Å². The largest absolute Gasteiger partial charge is 0.479 e. The molecule has 1 aromatic carbocycles. The minimum Gasteiger partial charge on any atom is -0.479 e. The summed E-state index contributed by atoms with van der Waals surface area (Å²) in [7, 11) is 0. The highest BCUT2D eigenvalue weighted by atomic mass is 79.9. The molecule has 0 spiro atoms. The molecule has 2 rings (SSSR count). The smallest absolute Gasteiger partial charge is 0.344 e. The van der Waals surface area contributed by atoms with E-state index in [1.165, 1.54) is 6.92 Å². The van der Waals surface area contributed by atoms with Crippen LogP contribution in [0.1, 0.15) is 6.92 Å². The van der Waals surface area contributed by atoms with Crippen molar-refractivity contribution in [3.8, 4) is 5.75 Å². The number of carboxylic acids is 1. The number of aliphatic carboxylic acids is 1. The average molecular weight is 296 g/mol. The molecule has 0 saturated heterocycles. The van der Waals surface area contributed by atoms with Crippen molar-refractivity contribution in [3.05, 3.63) is 34.9 Å². The topological polar surface area (TPSA) is 59.4 Å². The van der Waals surface area contributed by atoms with Crippen LogP contribution >= 0.6 is 15.9 Å². The van der Waals surface area contributed by atoms with E-state index in [1.807, 2.05) is 12.1 Å². The standard InChI is InChI=1S/C12H10BrNO3/c1-7(12(15)16)17-10-5-4-9-8(11(10)13)3-2-6-14-9/h2-7H,1H3,(H,15,16). The lowest BCUT2D eigenvalue weighted by Gasteiger charge is -2.12. The van der Waals surface area contributed by atoms with Gasteiger partial charge in [0.15, 0.2) is 6.10 Å². The van der Waals surface area contributed by atoms with Gasteiger partial charge >= 0.3 is 5.97 Å². The molecule has 1 N–H and O–H groups in total. The Labute approximate surface area is 106 Å². The number of carbonyl (C=O) groups is 1. The Balaban J connectivity index is 2.42. The van der Waals surface area contributed by atoms with E-state index >= 15 is 0 Å². The van der Waals surface area contributed by atoms with E-state index in [0.29, 0.717) is 5.75 Å². The van der Waals surface area contributed by atoms with E-state index in [4.69, 9.17) is 9.84 Å². The number of fused-ring (bicyclic) bond motifs is 1. The van der Waals surface area contributed by atoms with Crippen molar-refractivity contribution in [1.82, 2.24) is 4.98 Å². The van der Waals surface area contributed by atoms with Gasteiger partial charge in [-0.1, -0.05) is 6.07 Å². The third kappa shape index (κ3) is 2.39. The molecule has 0 fully saturated rings. The lowest BCUT2D eigenvalue weighted by Crippen LogP contribution is -2.23. The van der Waals surface area contributed by atoms with E-state index in [0.717, 1.165) is 15.4 Å². The second-order valence-corrected chi connectivity index (χ2v) is 4.34. The van der Waals surface area contributed by atoms with Crippen LogP contribution in [0.25, 0.3) is 10.9 Å². The third-order valence-electron chi connectivity index (χ3n) is 2.34. The summed E-state index contributed by atoms with van der Waals surface area (Å²) < 4.78 is 6.06. The fourth-order valence-corrected chi connectivity index (χ4v) is 1.99. The van der Waals surface area contributed by atoms with Crippen LogP contribution < -0.4 is 4.74 Å². The zero-order valence-corrected chi connectivity index (χ0v) is 10.6. The first-order valence-corrected chi connectivity index (χ1v) is 5.81. The fraction of sp³-hybridized carbons (Fsp3) is 0.167. The van der Waals surface area contributed by atoms with Crippen LogP contribution in [-0.2, 0) is 4.79 Å². The maximum absolute atomic E-state index is 10.7. The van der Waals surface area contributed by atoms with Crippen molar-refractivity contribution in [2.24, 2.45) is 0 Å². The fourth-order valence-electron chi connectivity index (χ4n) is 1.43. The van der Waals surface area contributed by atoms with Gasteiger partial charge in [0.1, 0.15) is 5.75 Å². The molecule has 1 aromatic heterocycles. The zero-order chi connectivity index (χ0) is 12.4. The number of halogens is 1. The Bertz CT molecular complexity index is 571. The van der Waals surface area contributed by atoms with Gasteiger partial charge < -0.3 is 9.84 Å². The van der Waals surface area contributed by atoms with E-state index in [2.05, 4.69) is 20.9 Å². The minimum atomic E-state index is -0.997. The molecule has 1 atom stereocenters. The molecule has 17 heavy (non-hydrogen) atoms. The molecule has 0 radical (unpaired) electrons. The molecule has 0 bridgehead atoms. The molecule has 2 aromatic rings. The van der Waals surface area contributed by atoms with Crippen molar-refractivity contribution < 1.29 is 14.6 Å². The Morgan fingerprint density at radius 1 is 1.47 bits per heavy atom. The highest BCUT2D eigenvalue weighted by molar-refractivity contribution is 9.10. The van der Waals surface area contributed by atoms with Crippen molar-refractivity contribution in [3.63, 3.8) is 0 Å². The molecular weight excluding hydrogens is 286 g/mol. The predicted molar refractivity (Wildman–Crippen MR) is 67.2 cm³/mol. The number of rotatable bonds is 3. The van der Waals surface area contributed by atoms with Gasteiger partial charge in [-0.2, -0.15) is 0 Å². The predicted octanol–water partition coefficient (Wildman–Crippen LogP) is 2.85. The lowest BCUT2D eigenvalue weighted by molar-refractivity contribution is -0.144. The molecule has 5 heteroatoms. The van der Waals surface area contributed by atoms with Crippen LogP contribution in [-0.4, -0.2) is 22.2 Å². The van der Waals surface area contributed by atoms with Crippen LogP contribution in [0.3, 0.4) is 0 Å². The highest BCUT2D eigenvalue weighted by Gasteiger charge is 2.15. The van der Waals surface area contributed by atoms with Gasteiger partial charge in [0.25, 0.3) is 0 Å². The third-order valence-corrected chi connectivity index (χ3v) is 3.15. The monoisotopic (exact) mass is 295 g/mol. The first-order valence-electron chi connectivity index (χ1n) is 5.02. The second-order valence-electron chi connectivity index (χ2n) is 3.55. The van der Waals surface area contributed by atoms with E-state index in [1.54, 1.807) is 18.3 Å². The normalized spacial score (nSPS) is 12.4. The van der Waals surface area contributed by atoms with Crippen molar-refractivity contribution >= 4 is 32.8 Å². The number of nitrogens with zero attached hydrogens (tertiary/aromatic N) is 1. The summed E-state index contributed by atoms with van der Waals surface area (Å²) in [6.07, 6.45) is 0.815. The average Bonchev–Trinajstić information content (AvgIpc) is 2.33. The number of carboxylic acid groups (broad SMARTS) is 1. The van der Waals surface area contributed by atoms with Gasteiger partial charge in [-0.05, 0) is 41.1 Å². The Morgan fingerprint density at radius 3 is 2.94 bits per heavy atom. The van der Waals surface area contributed by atoms with Gasteiger partial charge in [0, 0.05) is 11.6 Å². The Hall–Kier alpha value is -1.62. The maximum atomic E-state index is 10.7. The van der Waals surface area contributed by atoms with Crippen LogP contribution in [0.5, 0.6) is 5.75 Å². The minimum absolute atomic E-state index is 0.500. The number of benzene rings is 1. The van der Waals surface area contributed by atoms with Crippen LogP contribution in [0, 0.1) is 0 Å². The summed E-state index contributed by atoms with van der Waals surface area (Å²) in [5.74, 6) is -0.497. The van der Waals surface area contributed by atoms with E-state index in [9.17, 15) is 4.79 Å². The first kappa shape index (κ1) is 11.9. The summed E-state index contributed by atoms with van der Waals surface area (Å²) in [6.45, 7) is 1.49. The van der Waals surface area contributed by atoms with Crippen molar-refractivity contribution in [2.45, 2.75) is 13.0 Å². The Kier molecular flexibility index (Phi) is 3.28. The lowest BCUT2D eigenvalue weighted by atomic mass is 10.2. The molecule has 1 heterocycles. The zero-order valence-electron chi connectivity index (χ0n) is 9.05. The molecular formula is C12H10BrNO3. The van der Waals surface area contributed by atoms with Gasteiger partial charge in [0.05, 0.1) is 9.99 Å². The van der Waals surface area contributed by atoms with Gasteiger partial charge in [-0.15, -0.1) is 0 Å². The van der Waals surface area contributed by atoms with Crippen LogP contribution in [0.4, 0.5) is 0 Å². The summed E-state index contributed by atoms with van der Waals surface area (Å²) in [4.78, 5) is 14.9. The van der Waals surface area contributed by atoms with Gasteiger partial charge in [0.2, 0.25) is 0 Å². The summed E-state index contributed by atoms with van der Waals surface area (Å²) in [6, 6.07) is 7.21. The summed E-state index contributed by atoms with van der Waals surface area (Å²) in [5, 5.41) is 9.69. The SMILES string of the molecule is CC(Oc1ccc2ncccc2c1Br)C(=O)O. The molecule has 0 aliphatic carbocycles. The molecule has 0 amide bonds. The summed E-state index contributed by atoms with van der Waals surface area (Å²) in [5.41, 5.74) is 0.828. The molecule has 0 aliphatic rings. The number of pyridine rings is 1. The molecule has 4 nitrogen and oxygen atoms in total. The highest BCUT2D eigenvalue weighted by Crippen LogP contribution is 2.32.